The molecular formula is C11H16N2O5S. The molecule has 0 bridgehead atoms. The summed E-state index contributed by atoms with van der Waals surface area (Å²) in [6, 6.07) is 3.74. The van der Waals surface area contributed by atoms with Gasteiger partial charge < -0.3 is 15.6 Å². The molecule has 0 spiro atoms. The van der Waals surface area contributed by atoms with Crippen LogP contribution in [-0.4, -0.2) is 39.3 Å². The summed E-state index contributed by atoms with van der Waals surface area (Å²) in [6.07, 6.45) is -0.814. The predicted molar refractivity (Wildman–Crippen MR) is 69.1 cm³/mol. The molecule has 0 aliphatic heterocycles. The molecule has 0 heterocycles. The number of nitrogens with one attached hydrogen (secondary N) is 1. The third kappa shape index (κ3) is 3.91. The quantitative estimate of drug-likeness (QED) is 0.506. The summed E-state index contributed by atoms with van der Waals surface area (Å²) in [5.74, 6) is -0.604. The number of aliphatic hydroxyl groups is 1. The third-order valence-electron chi connectivity index (χ3n) is 2.29. The Morgan fingerprint density at radius 1 is 1.53 bits per heavy atom. The smallest absolute Gasteiger partial charge is 0.337 e. The Morgan fingerprint density at radius 2 is 2.16 bits per heavy atom. The Kier molecular flexibility index (Phi) is 4.87. The number of rotatable bonds is 5. The normalized spacial score (nSPS) is 13.0. The maximum atomic E-state index is 11.9. The van der Waals surface area contributed by atoms with Crippen LogP contribution >= 0.6 is 0 Å². The number of methoxy groups -OCH3 is 1. The second-order valence-corrected chi connectivity index (χ2v) is 5.68. The van der Waals surface area contributed by atoms with Crippen molar-refractivity contribution < 1.29 is 23.1 Å². The average molecular weight is 288 g/mol. The Bertz CT molecular complexity index is 568. The van der Waals surface area contributed by atoms with E-state index in [0.29, 0.717) is 0 Å². The first-order chi connectivity index (χ1) is 8.77. The van der Waals surface area contributed by atoms with Crippen LogP contribution in [0.25, 0.3) is 0 Å². The van der Waals surface area contributed by atoms with Gasteiger partial charge >= 0.3 is 5.97 Å². The Balaban J connectivity index is 3.05. The first-order valence-electron chi connectivity index (χ1n) is 5.43. The van der Waals surface area contributed by atoms with E-state index in [0.717, 1.165) is 0 Å². The second kappa shape index (κ2) is 6.00. The molecule has 8 heteroatoms. The summed E-state index contributed by atoms with van der Waals surface area (Å²) in [5, 5.41) is 9.06. The van der Waals surface area contributed by atoms with Crippen LogP contribution in [0, 0.1) is 0 Å². The number of benzene rings is 1. The van der Waals surface area contributed by atoms with Crippen LogP contribution in [0.4, 0.5) is 5.69 Å². The van der Waals surface area contributed by atoms with Gasteiger partial charge in [0.05, 0.1) is 24.5 Å². The summed E-state index contributed by atoms with van der Waals surface area (Å²) >= 11 is 0. The number of esters is 1. The Morgan fingerprint density at radius 3 is 2.63 bits per heavy atom. The first kappa shape index (κ1) is 15.4. The van der Waals surface area contributed by atoms with Crippen molar-refractivity contribution in [2.45, 2.75) is 17.9 Å². The second-order valence-electron chi connectivity index (χ2n) is 3.95. The van der Waals surface area contributed by atoms with Gasteiger partial charge in [-0.05, 0) is 25.1 Å². The van der Waals surface area contributed by atoms with Crippen molar-refractivity contribution in [3.8, 4) is 0 Å². The number of nitrogen functional groups attached to an aromatic ring is 1. The van der Waals surface area contributed by atoms with Crippen molar-refractivity contribution in [3.05, 3.63) is 23.8 Å². The van der Waals surface area contributed by atoms with Gasteiger partial charge in [0.25, 0.3) is 0 Å². The molecule has 0 aliphatic rings. The Hall–Kier alpha value is -1.64. The van der Waals surface area contributed by atoms with Gasteiger partial charge in [-0.2, -0.15) is 0 Å². The lowest BCUT2D eigenvalue weighted by Gasteiger charge is -2.11. The molecule has 19 heavy (non-hydrogen) atoms. The highest BCUT2D eigenvalue weighted by molar-refractivity contribution is 7.89. The molecule has 0 aromatic heterocycles. The lowest BCUT2D eigenvalue weighted by Crippen LogP contribution is -2.31. The van der Waals surface area contributed by atoms with Crippen molar-refractivity contribution in [1.29, 1.82) is 0 Å². The fraction of sp³-hybridized carbons (Fsp3) is 0.364. The van der Waals surface area contributed by atoms with E-state index in [9.17, 15) is 13.2 Å². The summed E-state index contributed by atoms with van der Waals surface area (Å²) < 4.78 is 30.5. The first-order valence-corrected chi connectivity index (χ1v) is 6.92. The molecule has 1 aromatic rings. The summed E-state index contributed by atoms with van der Waals surface area (Å²) in [7, 11) is -2.61. The molecular weight excluding hydrogens is 272 g/mol. The SMILES string of the molecule is COC(=O)c1ccc(S(=O)(=O)NC[C@@H](C)O)c(N)c1. The van der Waals surface area contributed by atoms with Crippen molar-refractivity contribution in [1.82, 2.24) is 4.72 Å². The number of anilines is 1. The fourth-order valence-corrected chi connectivity index (χ4v) is 2.58. The van der Waals surface area contributed by atoms with Gasteiger partial charge in [0.15, 0.2) is 0 Å². The highest BCUT2D eigenvalue weighted by atomic mass is 32.2. The summed E-state index contributed by atoms with van der Waals surface area (Å²) in [5.41, 5.74) is 5.71. The molecule has 1 aromatic carbocycles. The molecule has 106 valence electrons. The van der Waals surface area contributed by atoms with Gasteiger partial charge in [-0.25, -0.2) is 17.9 Å². The van der Waals surface area contributed by atoms with Gasteiger partial charge in [0, 0.05) is 6.54 Å². The van der Waals surface area contributed by atoms with E-state index in [1.54, 1.807) is 0 Å². The zero-order valence-electron chi connectivity index (χ0n) is 10.6. The zero-order valence-corrected chi connectivity index (χ0v) is 11.4. The van der Waals surface area contributed by atoms with Crippen LogP contribution in [0.15, 0.2) is 23.1 Å². The predicted octanol–water partition coefficient (Wildman–Crippen LogP) is -0.286. The minimum Gasteiger partial charge on any atom is -0.465 e. The maximum absolute atomic E-state index is 11.9. The summed E-state index contributed by atoms with van der Waals surface area (Å²) in [4.78, 5) is 11.1. The van der Waals surface area contributed by atoms with Crippen LogP contribution in [-0.2, 0) is 14.8 Å². The third-order valence-corrected chi connectivity index (χ3v) is 3.79. The molecule has 0 radical (unpaired) electrons. The molecule has 0 fully saturated rings. The largest absolute Gasteiger partial charge is 0.465 e. The number of nitrogens with two attached hydrogens (primary N) is 1. The fourth-order valence-electron chi connectivity index (χ4n) is 1.35. The lowest BCUT2D eigenvalue weighted by atomic mass is 10.2. The van der Waals surface area contributed by atoms with Gasteiger partial charge in [0.1, 0.15) is 4.90 Å². The number of ether oxygens (including phenoxy) is 1. The van der Waals surface area contributed by atoms with Crippen molar-refractivity contribution in [3.63, 3.8) is 0 Å². The molecule has 0 aliphatic carbocycles. The number of carbonyl (C=O) groups is 1. The summed E-state index contributed by atoms with van der Waals surface area (Å²) in [6.45, 7) is 1.33. The van der Waals surface area contributed by atoms with Gasteiger partial charge in [0.2, 0.25) is 10.0 Å². The van der Waals surface area contributed by atoms with Crippen molar-refractivity contribution >= 4 is 21.7 Å². The highest BCUT2D eigenvalue weighted by Crippen LogP contribution is 2.20. The van der Waals surface area contributed by atoms with Crippen LogP contribution < -0.4 is 10.5 Å². The molecule has 1 atom stereocenters. The monoisotopic (exact) mass is 288 g/mol. The molecule has 0 unspecified atom stereocenters. The maximum Gasteiger partial charge on any atom is 0.337 e. The number of hydrogen-bond acceptors (Lipinski definition) is 6. The van der Waals surface area contributed by atoms with E-state index in [1.165, 1.54) is 32.2 Å². The van der Waals surface area contributed by atoms with Crippen molar-refractivity contribution in [2.24, 2.45) is 0 Å². The average Bonchev–Trinajstić information content (AvgIpc) is 2.35. The van der Waals surface area contributed by atoms with Crippen LogP contribution in [0.5, 0.6) is 0 Å². The van der Waals surface area contributed by atoms with Gasteiger partial charge in [-0.3, -0.25) is 0 Å². The van der Waals surface area contributed by atoms with Crippen molar-refractivity contribution in [2.75, 3.05) is 19.4 Å². The van der Waals surface area contributed by atoms with E-state index in [-0.39, 0.29) is 22.7 Å². The molecule has 1 rings (SSSR count). The molecule has 0 amide bonds. The number of hydrogen-bond donors (Lipinski definition) is 3. The number of aliphatic hydroxyl groups excluding tert-OH is 1. The van der Waals surface area contributed by atoms with E-state index in [2.05, 4.69) is 9.46 Å². The minimum atomic E-state index is -3.82. The van der Waals surface area contributed by atoms with E-state index < -0.39 is 22.1 Å². The number of carbonyl (C=O) groups excluding carboxylic acids is 1. The van der Waals surface area contributed by atoms with Gasteiger partial charge in [-0.1, -0.05) is 0 Å². The van der Waals surface area contributed by atoms with E-state index >= 15 is 0 Å². The Labute approximate surface area is 111 Å². The van der Waals surface area contributed by atoms with E-state index in [1.807, 2.05) is 0 Å². The van der Waals surface area contributed by atoms with E-state index in [4.69, 9.17) is 10.8 Å². The van der Waals surface area contributed by atoms with Gasteiger partial charge in [-0.15, -0.1) is 0 Å². The standard InChI is InChI=1S/C11H16N2O5S/c1-7(14)6-13-19(16,17)10-4-3-8(5-9(10)12)11(15)18-2/h3-5,7,13-14H,6,12H2,1-2H3/t7-/m1/s1. The lowest BCUT2D eigenvalue weighted by molar-refractivity contribution is 0.0600. The van der Waals surface area contributed by atoms with Crippen LogP contribution in [0.2, 0.25) is 0 Å². The molecule has 4 N–H and O–H groups in total. The minimum absolute atomic E-state index is 0.0685. The van der Waals surface area contributed by atoms with Crippen LogP contribution in [0.1, 0.15) is 17.3 Å². The molecule has 0 saturated carbocycles. The molecule has 7 nitrogen and oxygen atoms in total. The molecule has 0 saturated heterocycles. The number of sulfonamides is 1. The zero-order chi connectivity index (χ0) is 14.6. The highest BCUT2D eigenvalue weighted by Gasteiger charge is 2.19. The topological polar surface area (TPSA) is 119 Å². The van der Waals surface area contributed by atoms with Crippen LogP contribution in [0.3, 0.4) is 0 Å².